The highest BCUT2D eigenvalue weighted by Crippen LogP contribution is 2.49. The number of rotatable bonds is 8. The van der Waals surface area contributed by atoms with Gasteiger partial charge in [-0.05, 0) is 90.6 Å². The minimum absolute atomic E-state index is 0.0478. The number of allylic oxidation sites excluding steroid dienone is 1. The molecule has 3 atom stereocenters. The first kappa shape index (κ1) is 29.1. The number of methoxy groups -OCH3 is 1. The number of carbonyl (C=O) groups is 2. The Morgan fingerprint density at radius 1 is 0.950 bits per heavy atom. The Morgan fingerprint density at radius 2 is 1.60 bits per heavy atom. The summed E-state index contributed by atoms with van der Waals surface area (Å²) in [5, 5.41) is 0. The molecule has 0 spiro atoms. The summed E-state index contributed by atoms with van der Waals surface area (Å²) >= 11 is 0. The summed E-state index contributed by atoms with van der Waals surface area (Å²) in [6.07, 6.45) is 8.30. The van der Waals surface area contributed by atoms with Crippen molar-refractivity contribution in [3.63, 3.8) is 0 Å². The van der Waals surface area contributed by atoms with Crippen LogP contribution in [0.25, 0.3) is 17.2 Å². The highest BCUT2D eigenvalue weighted by Gasteiger charge is 2.44. The third kappa shape index (κ3) is 6.98. The molecule has 2 aliphatic rings. The van der Waals surface area contributed by atoms with E-state index in [2.05, 4.69) is 58.2 Å². The molecular weight excluding hydrogens is 503 g/mol. The molecule has 0 aliphatic heterocycles. The lowest BCUT2D eigenvalue weighted by molar-refractivity contribution is -0.126. The summed E-state index contributed by atoms with van der Waals surface area (Å²) in [5.41, 5.74) is 5.91. The average Bonchev–Trinajstić information content (AvgIpc) is 3.60. The van der Waals surface area contributed by atoms with Crippen molar-refractivity contribution < 1.29 is 18.7 Å². The van der Waals surface area contributed by atoms with Crippen LogP contribution in [0.3, 0.4) is 0 Å². The maximum atomic E-state index is 14.6. The van der Waals surface area contributed by atoms with Gasteiger partial charge < -0.3 is 14.5 Å². The SMILES string of the molecule is C/C=C/c1cc(F)cc(N(Cc2ccc(-c3ccc(N(C)C)cc3)cc2)C(=O)C2CC3CCC2C3)c1.COC=O. The zero-order valence-electron chi connectivity index (χ0n) is 23.8. The van der Waals surface area contributed by atoms with Gasteiger partial charge in [0.1, 0.15) is 5.82 Å². The van der Waals surface area contributed by atoms with E-state index in [1.54, 1.807) is 0 Å². The molecule has 0 aromatic heterocycles. The molecule has 0 heterocycles. The molecule has 2 fully saturated rings. The molecule has 40 heavy (non-hydrogen) atoms. The lowest BCUT2D eigenvalue weighted by Gasteiger charge is -2.30. The smallest absolute Gasteiger partial charge is 0.292 e. The Kier molecular flexibility index (Phi) is 9.75. The van der Waals surface area contributed by atoms with Crippen LogP contribution in [0.4, 0.5) is 15.8 Å². The van der Waals surface area contributed by atoms with Gasteiger partial charge in [-0.2, -0.15) is 0 Å². The standard InChI is InChI=1S/C32H35FN2O.C2H4O2/c1-4-5-23-17-28(33)20-30(18-23)35(32(36)31-19-24-8-11-27(31)16-24)21-22-6-9-25(10-7-22)26-12-14-29(15-13-26)34(2)3;1-4-2-3/h4-7,9-10,12-15,17-18,20,24,27,31H,8,11,16,19,21H2,1-3H3;2H,1H3/b5-4+;. The third-order valence-corrected chi connectivity index (χ3v) is 8.00. The highest BCUT2D eigenvalue weighted by molar-refractivity contribution is 5.95. The molecular formula is C34H39FN2O3. The van der Waals surface area contributed by atoms with Gasteiger partial charge in [-0.1, -0.05) is 55.0 Å². The van der Waals surface area contributed by atoms with Crippen LogP contribution in [0.15, 0.2) is 72.8 Å². The van der Waals surface area contributed by atoms with Crippen LogP contribution >= 0.6 is 0 Å². The highest BCUT2D eigenvalue weighted by atomic mass is 19.1. The number of amides is 1. The van der Waals surface area contributed by atoms with Gasteiger partial charge in [0.05, 0.1) is 13.7 Å². The van der Waals surface area contributed by atoms with Crippen LogP contribution in [0.2, 0.25) is 0 Å². The molecule has 2 aliphatic carbocycles. The predicted octanol–water partition coefficient (Wildman–Crippen LogP) is 7.35. The van der Waals surface area contributed by atoms with Gasteiger partial charge in [-0.25, -0.2) is 4.39 Å². The molecule has 5 rings (SSSR count). The fourth-order valence-corrected chi connectivity index (χ4v) is 6.02. The summed E-state index contributed by atoms with van der Waals surface area (Å²) in [4.78, 5) is 26.7. The molecule has 0 saturated heterocycles. The Labute approximate surface area is 237 Å². The normalized spacial score (nSPS) is 19.2. The van der Waals surface area contributed by atoms with Gasteiger partial charge in [0, 0.05) is 31.4 Å². The minimum Gasteiger partial charge on any atom is -0.471 e. The Hall–Kier alpha value is -3.93. The Bertz CT molecular complexity index is 1320. The summed E-state index contributed by atoms with van der Waals surface area (Å²) in [6.45, 7) is 2.73. The second-order valence-electron chi connectivity index (χ2n) is 10.9. The van der Waals surface area contributed by atoms with Crippen LogP contribution in [-0.4, -0.2) is 33.6 Å². The van der Waals surface area contributed by atoms with Crippen LogP contribution in [0.5, 0.6) is 0 Å². The number of benzene rings is 3. The van der Waals surface area contributed by atoms with Crippen LogP contribution in [0.1, 0.15) is 43.7 Å². The zero-order valence-corrected chi connectivity index (χ0v) is 23.8. The predicted molar refractivity (Wildman–Crippen MR) is 161 cm³/mol. The second kappa shape index (κ2) is 13.4. The number of nitrogens with zero attached hydrogens (tertiary/aromatic N) is 2. The van der Waals surface area contributed by atoms with Gasteiger partial charge in [-0.3, -0.25) is 9.59 Å². The lowest BCUT2D eigenvalue weighted by atomic mass is 9.87. The number of hydrogen-bond acceptors (Lipinski definition) is 4. The van der Waals surface area contributed by atoms with Crippen molar-refractivity contribution in [3.8, 4) is 11.1 Å². The largest absolute Gasteiger partial charge is 0.471 e. The van der Waals surface area contributed by atoms with Crippen molar-refractivity contribution >= 4 is 29.8 Å². The van der Waals surface area contributed by atoms with E-state index in [0.29, 0.717) is 30.5 Å². The van der Waals surface area contributed by atoms with E-state index >= 15 is 0 Å². The van der Waals surface area contributed by atoms with Crippen molar-refractivity contribution in [2.75, 3.05) is 31.0 Å². The molecule has 5 nitrogen and oxygen atoms in total. The Morgan fingerprint density at radius 3 is 2.12 bits per heavy atom. The second-order valence-corrected chi connectivity index (χ2v) is 10.9. The number of ether oxygens (including phenoxy) is 1. The topological polar surface area (TPSA) is 49.9 Å². The molecule has 2 bridgehead atoms. The maximum Gasteiger partial charge on any atom is 0.292 e. The number of fused-ring (bicyclic) bond motifs is 2. The summed E-state index contributed by atoms with van der Waals surface area (Å²) in [5.74, 6) is 1.02. The van der Waals surface area contributed by atoms with Crippen molar-refractivity contribution in [2.24, 2.45) is 17.8 Å². The first-order valence-electron chi connectivity index (χ1n) is 13.9. The summed E-state index contributed by atoms with van der Waals surface area (Å²) < 4.78 is 18.4. The van der Waals surface area contributed by atoms with Crippen molar-refractivity contribution in [3.05, 3.63) is 89.8 Å². The van der Waals surface area contributed by atoms with Gasteiger partial charge >= 0.3 is 0 Å². The molecule has 0 N–H and O–H groups in total. The molecule has 3 aromatic rings. The molecule has 210 valence electrons. The van der Waals surface area contributed by atoms with Gasteiger partial charge in [-0.15, -0.1) is 0 Å². The minimum atomic E-state index is -0.317. The van der Waals surface area contributed by atoms with Crippen molar-refractivity contribution in [1.82, 2.24) is 0 Å². The lowest BCUT2D eigenvalue weighted by Crippen LogP contribution is -2.38. The molecule has 6 heteroatoms. The third-order valence-electron chi connectivity index (χ3n) is 8.00. The van der Waals surface area contributed by atoms with E-state index in [9.17, 15) is 9.18 Å². The van der Waals surface area contributed by atoms with E-state index in [1.807, 2.05) is 44.1 Å². The first-order valence-corrected chi connectivity index (χ1v) is 13.9. The molecule has 2 saturated carbocycles. The van der Waals surface area contributed by atoms with Gasteiger partial charge in [0.2, 0.25) is 5.91 Å². The molecule has 3 aromatic carbocycles. The zero-order chi connectivity index (χ0) is 28.6. The van der Waals surface area contributed by atoms with Crippen molar-refractivity contribution in [1.29, 1.82) is 0 Å². The average molecular weight is 543 g/mol. The van der Waals surface area contributed by atoms with Crippen LogP contribution in [-0.2, 0) is 20.9 Å². The summed E-state index contributed by atoms with van der Waals surface area (Å²) in [6, 6.07) is 21.8. The van der Waals surface area contributed by atoms with E-state index in [-0.39, 0.29) is 17.6 Å². The van der Waals surface area contributed by atoms with Crippen LogP contribution in [0, 0.1) is 23.6 Å². The van der Waals surface area contributed by atoms with E-state index < -0.39 is 0 Å². The monoisotopic (exact) mass is 542 g/mol. The fraction of sp³-hybridized carbons (Fsp3) is 0.353. The number of hydrogen-bond donors (Lipinski definition) is 0. The molecule has 3 unspecified atom stereocenters. The van der Waals surface area contributed by atoms with Crippen molar-refractivity contribution in [2.45, 2.75) is 39.2 Å². The van der Waals surface area contributed by atoms with E-state index in [0.717, 1.165) is 40.8 Å². The first-order chi connectivity index (χ1) is 19.3. The van der Waals surface area contributed by atoms with E-state index in [1.165, 1.54) is 32.1 Å². The summed E-state index contributed by atoms with van der Waals surface area (Å²) in [7, 11) is 5.38. The van der Waals surface area contributed by atoms with E-state index in [4.69, 9.17) is 4.79 Å². The quantitative estimate of drug-likeness (QED) is 0.279. The van der Waals surface area contributed by atoms with Gasteiger partial charge in [0.25, 0.3) is 6.47 Å². The fourth-order valence-electron chi connectivity index (χ4n) is 6.02. The number of halogens is 1. The Balaban J connectivity index is 0.000000867. The number of anilines is 2. The van der Waals surface area contributed by atoms with Gasteiger partial charge in [0.15, 0.2) is 0 Å². The molecule has 0 radical (unpaired) electrons. The number of carbonyl (C=O) groups excluding carboxylic acids is 2. The van der Waals surface area contributed by atoms with Crippen LogP contribution < -0.4 is 9.80 Å². The molecule has 1 amide bonds. The maximum absolute atomic E-state index is 14.6.